The number of halogens is 1. The van der Waals surface area contributed by atoms with E-state index in [4.69, 9.17) is 21.3 Å². The first-order chi connectivity index (χ1) is 18.6. The summed E-state index contributed by atoms with van der Waals surface area (Å²) in [7, 11) is 0. The zero-order valence-corrected chi connectivity index (χ0v) is 23.9. The zero-order valence-electron chi connectivity index (χ0n) is 22.3. The minimum Gasteiger partial charge on any atom is -0.449 e. The number of para-hydroxylation sites is 1. The maximum atomic E-state index is 13.8. The van der Waals surface area contributed by atoms with E-state index in [-0.39, 0.29) is 5.41 Å². The Hall–Kier alpha value is -3.55. The number of allylic oxidation sites excluding steroid dienone is 1. The van der Waals surface area contributed by atoms with Gasteiger partial charge in [0.05, 0.1) is 21.8 Å². The lowest BCUT2D eigenvalue weighted by atomic mass is 9.69. The van der Waals surface area contributed by atoms with Crippen LogP contribution in [-0.4, -0.2) is 27.9 Å². The monoisotopic (exact) mass is 559 g/mol. The number of anilines is 1. The number of carbonyl (C=O) groups is 2. The lowest BCUT2D eigenvalue weighted by Gasteiger charge is -2.36. The van der Waals surface area contributed by atoms with Gasteiger partial charge in [-0.25, -0.2) is 14.8 Å². The van der Waals surface area contributed by atoms with Gasteiger partial charge in [-0.1, -0.05) is 56.6 Å². The Morgan fingerprint density at radius 3 is 2.62 bits per heavy atom. The highest BCUT2D eigenvalue weighted by molar-refractivity contribution is 7.10. The normalized spacial score (nSPS) is 17.1. The van der Waals surface area contributed by atoms with Crippen LogP contribution >= 0.6 is 22.9 Å². The number of fused-ring (bicyclic) bond motifs is 2. The average Bonchev–Trinajstić information content (AvgIpc) is 3.41. The van der Waals surface area contributed by atoms with Gasteiger partial charge in [0.25, 0.3) is 5.91 Å². The van der Waals surface area contributed by atoms with Crippen LogP contribution in [0.2, 0.25) is 5.02 Å². The van der Waals surface area contributed by atoms with E-state index in [0.29, 0.717) is 28.7 Å². The van der Waals surface area contributed by atoms with Crippen molar-refractivity contribution in [2.75, 3.05) is 5.32 Å². The van der Waals surface area contributed by atoms with Crippen molar-refractivity contribution in [1.29, 1.82) is 0 Å². The molecule has 6 nitrogen and oxygen atoms in total. The third kappa shape index (κ3) is 5.89. The first-order valence-corrected chi connectivity index (χ1v) is 14.2. The number of amides is 1. The maximum Gasteiger partial charge on any atom is 0.339 e. The van der Waals surface area contributed by atoms with Crippen molar-refractivity contribution >= 4 is 63.2 Å². The van der Waals surface area contributed by atoms with E-state index >= 15 is 0 Å². The van der Waals surface area contributed by atoms with Gasteiger partial charge in [0.1, 0.15) is 5.82 Å². The van der Waals surface area contributed by atoms with Gasteiger partial charge in [0.15, 0.2) is 6.10 Å². The van der Waals surface area contributed by atoms with Crippen LogP contribution in [0.1, 0.15) is 60.6 Å². The van der Waals surface area contributed by atoms with Gasteiger partial charge in [0.2, 0.25) is 0 Å². The molecule has 3 heterocycles. The first-order valence-electron chi connectivity index (χ1n) is 12.9. The second kappa shape index (κ2) is 10.9. The summed E-state index contributed by atoms with van der Waals surface area (Å²) in [6, 6.07) is 14.9. The number of nitrogens with one attached hydrogen (secondary N) is 1. The molecule has 0 fully saturated rings. The van der Waals surface area contributed by atoms with Gasteiger partial charge < -0.3 is 10.1 Å². The average molecular weight is 560 g/mol. The van der Waals surface area contributed by atoms with E-state index in [1.165, 1.54) is 6.20 Å². The number of rotatable bonds is 5. The molecule has 1 aromatic carbocycles. The van der Waals surface area contributed by atoms with Crippen LogP contribution in [-0.2, 0) is 16.0 Å². The molecular formula is C31H30ClN3O3S. The molecule has 0 saturated heterocycles. The van der Waals surface area contributed by atoms with Crippen molar-refractivity contribution < 1.29 is 14.3 Å². The Kier molecular flexibility index (Phi) is 7.56. The van der Waals surface area contributed by atoms with Crippen molar-refractivity contribution in [3.05, 3.63) is 86.8 Å². The maximum absolute atomic E-state index is 13.8. The summed E-state index contributed by atoms with van der Waals surface area (Å²) < 4.78 is 5.78. The third-order valence-electron chi connectivity index (χ3n) is 7.13. The molecule has 4 aromatic rings. The summed E-state index contributed by atoms with van der Waals surface area (Å²) in [5.41, 5.74) is 4.02. The van der Waals surface area contributed by atoms with Gasteiger partial charge in [-0.2, -0.15) is 0 Å². The van der Waals surface area contributed by atoms with Gasteiger partial charge in [-0.3, -0.25) is 4.79 Å². The molecule has 3 aromatic heterocycles. The Morgan fingerprint density at radius 1 is 1.13 bits per heavy atom. The second-order valence-corrected chi connectivity index (χ2v) is 12.3. The van der Waals surface area contributed by atoms with Gasteiger partial charge >= 0.3 is 5.97 Å². The van der Waals surface area contributed by atoms with Crippen molar-refractivity contribution in [2.45, 2.75) is 46.6 Å². The Bertz CT molecular complexity index is 1560. The number of carbonyl (C=O) groups excluding carboxylic acids is 2. The molecule has 1 aliphatic rings. The van der Waals surface area contributed by atoms with Crippen LogP contribution in [0.15, 0.2) is 60.1 Å². The molecule has 5 rings (SSSR count). The molecule has 2 unspecified atom stereocenters. The number of aromatic nitrogens is 2. The van der Waals surface area contributed by atoms with E-state index < -0.39 is 18.0 Å². The van der Waals surface area contributed by atoms with Crippen LogP contribution in [0.5, 0.6) is 0 Å². The summed E-state index contributed by atoms with van der Waals surface area (Å²) in [4.78, 5) is 37.0. The summed E-state index contributed by atoms with van der Waals surface area (Å²) in [5, 5.41) is 5.91. The smallest absolute Gasteiger partial charge is 0.339 e. The number of nitrogens with zero attached hydrogens (tertiary/aromatic N) is 2. The number of pyridine rings is 2. The van der Waals surface area contributed by atoms with Crippen LogP contribution < -0.4 is 5.32 Å². The number of ether oxygens (including phenoxy) is 1. The highest BCUT2D eigenvalue weighted by atomic mass is 35.5. The SMILES string of the molecule is CC(OC(=O)c1c2c(nc3ccccc13)/C(=C\c1cccs1)CC(C(C)(C)C)C2)C(=O)Nc1ccc(Cl)cn1. The fourth-order valence-corrected chi connectivity index (χ4v) is 5.66. The van der Waals surface area contributed by atoms with Crippen LogP contribution in [0.25, 0.3) is 22.6 Å². The molecule has 0 aliphatic heterocycles. The van der Waals surface area contributed by atoms with E-state index in [2.05, 4.69) is 48.6 Å². The van der Waals surface area contributed by atoms with Crippen molar-refractivity contribution in [2.24, 2.45) is 11.3 Å². The topological polar surface area (TPSA) is 81.2 Å². The fourth-order valence-electron chi connectivity index (χ4n) is 4.87. The second-order valence-electron chi connectivity index (χ2n) is 10.9. The van der Waals surface area contributed by atoms with E-state index in [1.54, 1.807) is 30.4 Å². The standard InChI is InChI=1S/C31H30ClN3O3S/c1-18(29(36)35-26-12-11-21(32)17-33-26)38-30(37)27-23-9-5-6-10-25(23)34-28-19(15-22-8-7-13-39-22)14-20(16-24(27)28)31(2,3)4/h5-13,15,17-18,20H,14,16H2,1-4H3,(H,33,35,36)/b19-15-. The van der Waals surface area contributed by atoms with Crippen LogP contribution in [0.4, 0.5) is 5.82 Å². The third-order valence-corrected chi connectivity index (χ3v) is 8.18. The molecule has 8 heteroatoms. The molecule has 0 bridgehead atoms. The quantitative estimate of drug-likeness (QED) is 0.254. The number of benzene rings is 1. The van der Waals surface area contributed by atoms with Crippen LogP contribution in [0, 0.1) is 11.3 Å². The molecule has 2 atom stereocenters. The fraction of sp³-hybridized carbons (Fsp3) is 0.290. The largest absolute Gasteiger partial charge is 0.449 e. The zero-order chi connectivity index (χ0) is 27.7. The summed E-state index contributed by atoms with van der Waals surface area (Å²) in [6.07, 6.45) is 4.14. The number of thiophene rings is 1. The van der Waals surface area contributed by atoms with Gasteiger partial charge in [0, 0.05) is 16.5 Å². The number of esters is 1. The molecule has 1 amide bonds. The van der Waals surface area contributed by atoms with Crippen molar-refractivity contribution in [3.63, 3.8) is 0 Å². The lowest BCUT2D eigenvalue weighted by Crippen LogP contribution is -2.32. The van der Waals surface area contributed by atoms with E-state index in [0.717, 1.165) is 39.0 Å². The highest BCUT2D eigenvalue weighted by Crippen LogP contribution is 2.45. The summed E-state index contributed by atoms with van der Waals surface area (Å²) in [6.45, 7) is 8.25. The molecule has 39 heavy (non-hydrogen) atoms. The lowest BCUT2D eigenvalue weighted by molar-refractivity contribution is -0.123. The molecule has 200 valence electrons. The summed E-state index contributed by atoms with van der Waals surface area (Å²) >= 11 is 7.56. The van der Waals surface area contributed by atoms with Crippen LogP contribution in [0.3, 0.4) is 0 Å². The predicted octanol–water partition coefficient (Wildman–Crippen LogP) is 7.68. The molecular weight excluding hydrogens is 530 g/mol. The van der Waals surface area contributed by atoms with Crippen molar-refractivity contribution in [3.8, 4) is 0 Å². The Morgan fingerprint density at radius 2 is 1.92 bits per heavy atom. The molecule has 0 spiro atoms. The molecule has 0 saturated carbocycles. The predicted molar refractivity (Wildman–Crippen MR) is 158 cm³/mol. The molecule has 1 N–H and O–H groups in total. The number of hydrogen-bond donors (Lipinski definition) is 1. The minimum absolute atomic E-state index is 0.0117. The highest BCUT2D eigenvalue weighted by Gasteiger charge is 2.36. The Balaban J connectivity index is 1.55. The van der Waals surface area contributed by atoms with E-state index in [9.17, 15) is 9.59 Å². The molecule has 0 radical (unpaired) electrons. The summed E-state index contributed by atoms with van der Waals surface area (Å²) in [5.74, 6) is -0.393. The minimum atomic E-state index is -1.04. The van der Waals surface area contributed by atoms with Crippen molar-refractivity contribution in [1.82, 2.24) is 9.97 Å². The van der Waals surface area contributed by atoms with E-state index in [1.807, 2.05) is 30.3 Å². The van der Waals surface area contributed by atoms with Gasteiger partial charge in [-0.15, -0.1) is 11.3 Å². The number of hydrogen-bond acceptors (Lipinski definition) is 6. The molecule has 1 aliphatic carbocycles. The Labute approximate surface area is 237 Å². The first kappa shape index (κ1) is 27.0. The van der Waals surface area contributed by atoms with Gasteiger partial charge in [-0.05, 0) is 78.0 Å².